The number of amides is 1. The van der Waals surface area contributed by atoms with E-state index in [4.69, 9.17) is 0 Å². The molecule has 0 aliphatic carbocycles. The normalized spacial score (nSPS) is 22.6. The summed E-state index contributed by atoms with van der Waals surface area (Å²) >= 11 is 0. The van der Waals surface area contributed by atoms with Gasteiger partial charge in [0.05, 0.1) is 12.1 Å². The Labute approximate surface area is 126 Å². The van der Waals surface area contributed by atoms with E-state index in [2.05, 4.69) is 17.1 Å². The molecule has 4 heteroatoms. The summed E-state index contributed by atoms with van der Waals surface area (Å²) in [5, 5.41) is 3.02. The van der Waals surface area contributed by atoms with Gasteiger partial charge in [0, 0.05) is 6.54 Å². The highest BCUT2D eigenvalue weighted by atomic mass is 19.1. The third-order valence-corrected chi connectivity index (χ3v) is 4.34. The summed E-state index contributed by atoms with van der Waals surface area (Å²) < 4.78 is 12.9. The topological polar surface area (TPSA) is 32.3 Å². The summed E-state index contributed by atoms with van der Waals surface area (Å²) in [4.78, 5) is 14.6. The smallest absolute Gasteiger partial charge is 0.237 e. The maximum Gasteiger partial charge on any atom is 0.237 e. The first-order chi connectivity index (χ1) is 9.97. The molecule has 1 aliphatic rings. The van der Waals surface area contributed by atoms with Crippen LogP contribution in [-0.2, 0) is 4.79 Å². The first kappa shape index (κ1) is 16.0. The van der Waals surface area contributed by atoms with Crippen LogP contribution in [0, 0.1) is 11.7 Å². The van der Waals surface area contributed by atoms with Crippen LogP contribution in [0.4, 0.5) is 4.39 Å². The third-order valence-electron chi connectivity index (χ3n) is 4.34. The monoisotopic (exact) mass is 292 g/mol. The van der Waals surface area contributed by atoms with Crippen molar-refractivity contribution in [2.24, 2.45) is 5.92 Å². The van der Waals surface area contributed by atoms with E-state index in [1.165, 1.54) is 18.6 Å². The molecule has 1 aromatic rings. The highest BCUT2D eigenvalue weighted by molar-refractivity contribution is 5.81. The van der Waals surface area contributed by atoms with Crippen molar-refractivity contribution in [2.75, 3.05) is 13.1 Å². The second-order valence-electron chi connectivity index (χ2n) is 6.20. The number of likely N-dealkylation sites (tertiary alicyclic amines) is 1. The zero-order valence-corrected chi connectivity index (χ0v) is 13.1. The molecule has 116 valence electrons. The molecule has 2 rings (SSSR count). The predicted octanol–water partition coefficient (Wildman–Crippen LogP) is 3.12. The van der Waals surface area contributed by atoms with Crippen LogP contribution < -0.4 is 5.32 Å². The zero-order chi connectivity index (χ0) is 15.4. The van der Waals surface area contributed by atoms with E-state index in [1.54, 1.807) is 12.1 Å². The molecule has 0 spiro atoms. The van der Waals surface area contributed by atoms with E-state index < -0.39 is 0 Å². The van der Waals surface area contributed by atoms with Gasteiger partial charge < -0.3 is 5.32 Å². The SMILES string of the molecule is CC1CCCN(C(C)C(=O)NC(C)c2ccc(F)cc2)C1. The van der Waals surface area contributed by atoms with Crippen LogP contribution in [0.25, 0.3) is 0 Å². The fraction of sp³-hybridized carbons (Fsp3) is 0.588. The Hall–Kier alpha value is -1.42. The maximum atomic E-state index is 12.9. The molecule has 3 atom stereocenters. The molecule has 1 heterocycles. The van der Waals surface area contributed by atoms with Gasteiger partial charge in [-0.1, -0.05) is 19.1 Å². The van der Waals surface area contributed by atoms with Gasteiger partial charge in [0.25, 0.3) is 0 Å². The number of hydrogen-bond acceptors (Lipinski definition) is 2. The average molecular weight is 292 g/mol. The Bertz CT molecular complexity index is 474. The van der Waals surface area contributed by atoms with Gasteiger partial charge in [0.1, 0.15) is 5.82 Å². The number of piperidine rings is 1. The minimum absolute atomic E-state index is 0.0425. The van der Waals surface area contributed by atoms with E-state index in [9.17, 15) is 9.18 Å². The zero-order valence-electron chi connectivity index (χ0n) is 13.1. The quantitative estimate of drug-likeness (QED) is 0.924. The van der Waals surface area contributed by atoms with Gasteiger partial charge in [-0.15, -0.1) is 0 Å². The average Bonchev–Trinajstić information content (AvgIpc) is 2.47. The van der Waals surface area contributed by atoms with Crippen molar-refractivity contribution >= 4 is 5.91 Å². The molecule has 21 heavy (non-hydrogen) atoms. The fourth-order valence-electron chi connectivity index (χ4n) is 2.91. The van der Waals surface area contributed by atoms with Gasteiger partial charge in [-0.2, -0.15) is 0 Å². The van der Waals surface area contributed by atoms with Crippen LogP contribution >= 0.6 is 0 Å². The molecule has 1 aliphatic heterocycles. The molecule has 0 saturated carbocycles. The molecule has 0 bridgehead atoms. The number of rotatable bonds is 4. The summed E-state index contributed by atoms with van der Waals surface area (Å²) in [7, 11) is 0. The standard InChI is InChI=1S/C17H25FN2O/c1-12-5-4-10-20(11-12)14(3)17(21)19-13(2)15-6-8-16(18)9-7-15/h6-9,12-14H,4-5,10-11H2,1-3H3,(H,19,21). The first-order valence-electron chi connectivity index (χ1n) is 7.77. The highest BCUT2D eigenvalue weighted by Gasteiger charge is 2.26. The molecule has 1 N–H and O–H groups in total. The van der Waals surface area contributed by atoms with Crippen molar-refractivity contribution in [3.05, 3.63) is 35.6 Å². The molecule has 0 aromatic heterocycles. The Morgan fingerprint density at radius 2 is 2.00 bits per heavy atom. The minimum Gasteiger partial charge on any atom is -0.348 e. The van der Waals surface area contributed by atoms with Crippen molar-refractivity contribution in [1.29, 1.82) is 0 Å². The van der Waals surface area contributed by atoms with Gasteiger partial charge in [-0.3, -0.25) is 9.69 Å². The molecule has 1 amide bonds. The molecule has 1 saturated heterocycles. The van der Waals surface area contributed by atoms with E-state index in [0.717, 1.165) is 25.1 Å². The lowest BCUT2D eigenvalue weighted by Crippen LogP contribution is -2.49. The van der Waals surface area contributed by atoms with Crippen molar-refractivity contribution in [3.8, 4) is 0 Å². The lowest BCUT2D eigenvalue weighted by Gasteiger charge is -2.35. The third kappa shape index (κ3) is 4.27. The van der Waals surface area contributed by atoms with E-state index in [-0.39, 0.29) is 23.8 Å². The Morgan fingerprint density at radius 1 is 1.33 bits per heavy atom. The van der Waals surface area contributed by atoms with Crippen LogP contribution in [0.3, 0.4) is 0 Å². The largest absolute Gasteiger partial charge is 0.348 e. The van der Waals surface area contributed by atoms with Crippen LogP contribution in [0.1, 0.15) is 45.2 Å². The van der Waals surface area contributed by atoms with Gasteiger partial charge in [-0.05, 0) is 56.8 Å². The fourth-order valence-corrected chi connectivity index (χ4v) is 2.91. The number of nitrogens with zero attached hydrogens (tertiary/aromatic N) is 1. The Balaban J connectivity index is 1.92. The minimum atomic E-state index is -0.257. The van der Waals surface area contributed by atoms with Crippen molar-refractivity contribution in [2.45, 2.75) is 45.7 Å². The van der Waals surface area contributed by atoms with Gasteiger partial charge in [-0.25, -0.2) is 4.39 Å². The van der Waals surface area contributed by atoms with Crippen LogP contribution in [-0.4, -0.2) is 29.9 Å². The van der Waals surface area contributed by atoms with Gasteiger partial charge in [0.2, 0.25) is 5.91 Å². The molecule has 1 aromatic carbocycles. The van der Waals surface area contributed by atoms with Crippen LogP contribution in [0.5, 0.6) is 0 Å². The summed E-state index contributed by atoms with van der Waals surface area (Å²) in [6.07, 6.45) is 2.41. The van der Waals surface area contributed by atoms with Gasteiger partial charge >= 0.3 is 0 Å². The van der Waals surface area contributed by atoms with Crippen LogP contribution in [0.15, 0.2) is 24.3 Å². The molecule has 3 nitrogen and oxygen atoms in total. The number of carbonyl (C=O) groups excluding carboxylic acids is 1. The molecule has 0 radical (unpaired) electrons. The number of halogens is 1. The number of benzene rings is 1. The van der Waals surface area contributed by atoms with Crippen molar-refractivity contribution in [3.63, 3.8) is 0 Å². The summed E-state index contributed by atoms with van der Waals surface area (Å²) in [6, 6.07) is 6.06. The second-order valence-corrected chi connectivity index (χ2v) is 6.20. The van der Waals surface area contributed by atoms with Gasteiger partial charge in [0.15, 0.2) is 0 Å². The maximum absolute atomic E-state index is 12.9. The van der Waals surface area contributed by atoms with Crippen LogP contribution in [0.2, 0.25) is 0 Å². The summed E-state index contributed by atoms with van der Waals surface area (Å²) in [5.74, 6) is 0.442. The molecular formula is C17H25FN2O. The van der Waals surface area contributed by atoms with E-state index in [1.807, 2.05) is 13.8 Å². The van der Waals surface area contributed by atoms with E-state index >= 15 is 0 Å². The Kier molecular flexibility index (Phi) is 5.34. The van der Waals surface area contributed by atoms with Crippen molar-refractivity contribution < 1.29 is 9.18 Å². The predicted molar refractivity (Wildman–Crippen MR) is 82.4 cm³/mol. The summed E-state index contributed by atoms with van der Waals surface area (Å²) in [5.41, 5.74) is 0.920. The number of hydrogen-bond donors (Lipinski definition) is 1. The molecule has 3 unspecified atom stereocenters. The lowest BCUT2D eigenvalue weighted by atomic mass is 9.98. The second kappa shape index (κ2) is 7.03. The number of nitrogens with one attached hydrogen (secondary N) is 1. The molecule has 1 fully saturated rings. The molecular weight excluding hydrogens is 267 g/mol. The number of carbonyl (C=O) groups is 1. The summed E-state index contributed by atoms with van der Waals surface area (Å²) in [6.45, 7) is 8.10. The Morgan fingerprint density at radius 3 is 2.62 bits per heavy atom. The van der Waals surface area contributed by atoms with E-state index in [0.29, 0.717) is 5.92 Å². The first-order valence-corrected chi connectivity index (χ1v) is 7.77. The highest BCUT2D eigenvalue weighted by Crippen LogP contribution is 2.19. The lowest BCUT2D eigenvalue weighted by molar-refractivity contribution is -0.127. The van der Waals surface area contributed by atoms with Crippen molar-refractivity contribution in [1.82, 2.24) is 10.2 Å².